The molecule has 0 unspecified atom stereocenters. The molecular weight excluding hydrogens is 274 g/mol. The normalized spacial score (nSPS) is 10.6. The van der Waals surface area contributed by atoms with Gasteiger partial charge in [-0.25, -0.2) is 4.98 Å². The van der Waals surface area contributed by atoms with Crippen LogP contribution >= 0.6 is 0 Å². The van der Waals surface area contributed by atoms with Gasteiger partial charge in [-0.3, -0.25) is 0 Å². The Balaban J connectivity index is 1.66. The molecule has 22 heavy (non-hydrogen) atoms. The molecule has 0 saturated carbocycles. The van der Waals surface area contributed by atoms with Crippen molar-refractivity contribution in [1.82, 2.24) is 4.98 Å². The minimum absolute atomic E-state index is 0.590. The lowest BCUT2D eigenvalue weighted by Gasteiger charge is -2.07. The summed E-state index contributed by atoms with van der Waals surface area (Å²) in [4.78, 5) is 4.59. The van der Waals surface area contributed by atoms with Crippen LogP contribution in [-0.2, 0) is 6.42 Å². The molecule has 3 heteroatoms. The summed E-state index contributed by atoms with van der Waals surface area (Å²) in [7, 11) is 0. The van der Waals surface area contributed by atoms with E-state index in [1.54, 1.807) is 0 Å². The summed E-state index contributed by atoms with van der Waals surface area (Å²) in [6, 6.07) is 18.0. The molecule has 0 radical (unpaired) electrons. The molecule has 0 bridgehead atoms. The average molecular weight is 293 g/mol. The van der Waals surface area contributed by atoms with Crippen molar-refractivity contribution in [3.05, 3.63) is 71.6 Å². The third-order valence-corrected chi connectivity index (χ3v) is 3.60. The van der Waals surface area contributed by atoms with E-state index >= 15 is 0 Å². The maximum absolute atomic E-state index is 5.83. The first-order valence-electron chi connectivity index (χ1n) is 7.44. The zero-order valence-electron chi connectivity index (χ0n) is 12.9. The van der Waals surface area contributed by atoms with Crippen LogP contribution in [0.1, 0.15) is 17.0 Å². The number of ether oxygens (including phenoxy) is 1. The lowest BCUT2D eigenvalue weighted by atomic mass is 10.2. The number of hydrogen-bond acceptors (Lipinski definition) is 3. The highest BCUT2D eigenvalue weighted by molar-refractivity contribution is 5.53. The molecule has 3 rings (SSSR count). The van der Waals surface area contributed by atoms with Crippen molar-refractivity contribution in [3.63, 3.8) is 0 Å². The van der Waals surface area contributed by atoms with E-state index in [9.17, 15) is 0 Å². The Labute approximate surface area is 130 Å². The highest BCUT2D eigenvalue weighted by Crippen LogP contribution is 2.22. The van der Waals surface area contributed by atoms with E-state index in [-0.39, 0.29) is 0 Å². The molecule has 1 heterocycles. The Kier molecular flexibility index (Phi) is 4.24. The summed E-state index contributed by atoms with van der Waals surface area (Å²) >= 11 is 0. The molecule has 0 aliphatic rings. The largest absolute Gasteiger partial charge is 0.493 e. The molecule has 0 saturated heterocycles. The van der Waals surface area contributed by atoms with Crippen LogP contribution in [0.15, 0.2) is 59.0 Å². The van der Waals surface area contributed by atoms with Crippen LogP contribution in [0, 0.1) is 13.8 Å². The maximum atomic E-state index is 5.83. The summed E-state index contributed by atoms with van der Waals surface area (Å²) < 4.78 is 11.6. The molecule has 0 aliphatic carbocycles. The van der Waals surface area contributed by atoms with Gasteiger partial charge in [0.25, 0.3) is 0 Å². The molecule has 0 aliphatic heterocycles. The molecule has 2 aromatic carbocycles. The van der Waals surface area contributed by atoms with Gasteiger partial charge in [0.2, 0.25) is 5.89 Å². The number of benzene rings is 2. The minimum Gasteiger partial charge on any atom is -0.493 e. The van der Waals surface area contributed by atoms with E-state index in [1.165, 1.54) is 0 Å². The van der Waals surface area contributed by atoms with Crippen LogP contribution in [-0.4, -0.2) is 11.6 Å². The van der Waals surface area contributed by atoms with Gasteiger partial charge in [0.05, 0.1) is 12.3 Å². The van der Waals surface area contributed by atoms with Gasteiger partial charge in [-0.1, -0.05) is 36.4 Å². The van der Waals surface area contributed by atoms with Crippen molar-refractivity contribution in [3.8, 4) is 17.2 Å². The number of para-hydroxylation sites is 1. The predicted molar refractivity (Wildman–Crippen MR) is 87.1 cm³/mol. The Morgan fingerprint density at radius 3 is 2.45 bits per heavy atom. The lowest BCUT2D eigenvalue weighted by molar-refractivity contribution is 0.318. The van der Waals surface area contributed by atoms with Gasteiger partial charge in [-0.15, -0.1) is 0 Å². The van der Waals surface area contributed by atoms with Gasteiger partial charge < -0.3 is 9.15 Å². The average Bonchev–Trinajstić information content (AvgIpc) is 2.91. The van der Waals surface area contributed by atoms with Crippen molar-refractivity contribution in [1.29, 1.82) is 0 Å². The second-order valence-corrected chi connectivity index (χ2v) is 5.25. The van der Waals surface area contributed by atoms with Gasteiger partial charge in [-0.05, 0) is 37.6 Å². The highest BCUT2D eigenvalue weighted by Gasteiger charge is 2.11. The monoisotopic (exact) mass is 293 g/mol. The van der Waals surface area contributed by atoms with Crippen molar-refractivity contribution >= 4 is 0 Å². The highest BCUT2D eigenvalue weighted by atomic mass is 16.5. The van der Waals surface area contributed by atoms with Crippen molar-refractivity contribution in [2.45, 2.75) is 20.3 Å². The number of hydrogen-bond donors (Lipinski definition) is 0. The van der Waals surface area contributed by atoms with Gasteiger partial charge in [0.1, 0.15) is 11.5 Å². The Morgan fingerprint density at radius 1 is 0.955 bits per heavy atom. The van der Waals surface area contributed by atoms with Crippen molar-refractivity contribution in [2.24, 2.45) is 0 Å². The van der Waals surface area contributed by atoms with Crippen molar-refractivity contribution in [2.75, 3.05) is 6.61 Å². The number of aromatic nitrogens is 1. The van der Waals surface area contributed by atoms with E-state index in [0.717, 1.165) is 34.8 Å². The molecule has 3 nitrogen and oxygen atoms in total. The van der Waals surface area contributed by atoms with Crippen LogP contribution in [0.25, 0.3) is 11.5 Å². The number of oxazole rings is 1. The summed E-state index contributed by atoms with van der Waals surface area (Å²) in [6.45, 7) is 4.58. The first-order chi connectivity index (χ1) is 10.7. The zero-order chi connectivity index (χ0) is 15.4. The standard InChI is InChI=1S/C19H19NO2/c1-14-8-6-7-11-18(14)21-13-12-17-15(2)22-19(20-17)16-9-4-3-5-10-16/h3-11H,12-13H2,1-2H3. The van der Waals surface area contributed by atoms with Crippen LogP contribution < -0.4 is 4.74 Å². The Hall–Kier alpha value is -2.55. The van der Waals surface area contributed by atoms with Gasteiger partial charge in [0.15, 0.2) is 0 Å². The van der Waals surface area contributed by atoms with Crippen molar-refractivity contribution < 1.29 is 9.15 Å². The van der Waals surface area contributed by atoms with E-state index in [4.69, 9.17) is 9.15 Å². The second-order valence-electron chi connectivity index (χ2n) is 5.25. The third-order valence-electron chi connectivity index (χ3n) is 3.60. The molecular formula is C19H19NO2. The Bertz CT molecular complexity index is 747. The minimum atomic E-state index is 0.590. The smallest absolute Gasteiger partial charge is 0.226 e. The third kappa shape index (κ3) is 3.19. The molecule has 0 fully saturated rings. The zero-order valence-corrected chi connectivity index (χ0v) is 12.9. The summed E-state index contributed by atoms with van der Waals surface area (Å²) in [5.74, 6) is 2.45. The van der Waals surface area contributed by atoms with E-state index in [0.29, 0.717) is 12.5 Å². The topological polar surface area (TPSA) is 35.3 Å². The van der Waals surface area contributed by atoms with E-state index < -0.39 is 0 Å². The molecule has 3 aromatic rings. The second kappa shape index (κ2) is 6.48. The number of nitrogens with zero attached hydrogens (tertiary/aromatic N) is 1. The van der Waals surface area contributed by atoms with E-state index in [1.807, 2.05) is 68.4 Å². The van der Waals surface area contributed by atoms with Gasteiger partial charge in [0, 0.05) is 12.0 Å². The molecule has 0 atom stereocenters. The fourth-order valence-electron chi connectivity index (χ4n) is 2.34. The van der Waals surface area contributed by atoms with E-state index in [2.05, 4.69) is 4.98 Å². The summed E-state index contributed by atoms with van der Waals surface area (Å²) in [6.07, 6.45) is 0.733. The molecule has 112 valence electrons. The molecule has 1 aromatic heterocycles. The number of aryl methyl sites for hydroxylation is 2. The van der Waals surface area contributed by atoms with Gasteiger partial charge >= 0.3 is 0 Å². The van der Waals surface area contributed by atoms with Crippen LogP contribution in [0.2, 0.25) is 0 Å². The SMILES string of the molecule is Cc1ccccc1OCCc1nc(-c2ccccc2)oc1C. The Morgan fingerprint density at radius 2 is 1.68 bits per heavy atom. The van der Waals surface area contributed by atoms with Crippen LogP contribution in [0.4, 0.5) is 0 Å². The summed E-state index contributed by atoms with van der Waals surface area (Å²) in [5, 5.41) is 0. The van der Waals surface area contributed by atoms with Gasteiger partial charge in [-0.2, -0.15) is 0 Å². The van der Waals surface area contributed by atoms with Crippen LogP contribution in [0.5, 0.6) is 5.75 Å². The predicted octanol–water partition coefficient (Wildman–Crippen LogP) is 4.58. The molecule has 0 amide bonds. The fourth-order valence-corrected chi connectivity index (χ4v) is 2.34. The first kappa shape index (κ1) is 14.4. The summed E-state index contributed by atoms with van der Waals surface area (Å²) in [5.41, 5.74) is 3.09. The fraction of sp³-hybridized carbons (Fsp3) is 0.211. The quantitative estimate of drug-likeness (QED) is 0.690. The maximum Gasteiger partial charge on any atom is 0.226 e. The first-order valence-corrected chi connectivity index (χ1v) is 7.44. The molecule has 0 N–H and O–H groups in total. The van der Waals surface area contributed by atoms with Crippen LogP contribution in [0.3, 0.4) is 0 Å². The number of rotatable bonds is 5. The lowest BCUT2D eigenvalue weighted by Crippen LogP contribution is -2.03. The molecule has 0 spiro atoms.